The molecule has 0 aliphatic heterocycles. The molecule has 0 heterocycles. The van der Waals surface area contributed by atoms with Crippen molar-refractivity contribution >= 4 is 5.71 Å². The summed E-state index contributed by atoms with van der Waals surface area (Å²) in [5.74, 6) is 0. The van der Waals surface area contributed by atoms with Crippen LogP contribution in [0.15, 0.2) is 0 Å². The summed E-state index contributed by atoms with van der Waals surface area (Å²) in [5, 5.41) is 7.19. The van der Waals surface area contributed by atoms with Gasteiger partial charge in [0, 0.05) is 5.71 Å². The summed E-state index contributed by atoms with van der Waals surface area (Å²) in [6.07, 6.45) is 6.01. The molecule has 1 heteroatoms. The van der Waals surface area contributed by atoms with Crippen LogP contribution in [0.4, 0.5) is 0 Å². The molecule has 0 amide bonds. The molecule has 1 aliphatic rings. The topological polar surface area (TPSA) is 23.9 Å². The number of nitrogens with one attached hydrogen (secondary N) is 1. The van der Waals surface area contributed by atoms with Crippen LogP contribution in [-0.2, 0) is 0 Å². The van der Waals surface area contributed by atoms with E-state index in [1.165, 1.54) is 19.3 Å². The molecule has 1 saturated carbocycles. The second kappa shape index (κ2) is 5.80. The van der Waals surface area contributed by atoms with Crippen molar-refractivity contribution in [3.05, 3.63) is 0 Å². The van der Waals surface area contributed by atoms with Gasteiger partial charge in [0.25, 0.3) is 0 Å². The van der Waals surface area contributed by atoms with E-state index in [4.69, 9.17) is 5.41 Å². The van der Waals surface area contributed by atoms with Gasteiger partial charge in [-0.3, -0.25) is 0 Å². The van der Waals surface area contributed by atoms with Crippen molar-refractivity contribution < 1.29 is 0 Å². The van der Waals surface area contributed by atoms with Crippen LogP contribution < -0.4 is 0 Å². The molecule has 0 aromatic carbocycles. The van der Waals surface area contributed by atoms with E-state index >= 15 is 0 Å². The maximum atomic E-state index is 7.19. The van der Waals surface area contributed by atoms with E-state index in [9.17, 15) is 0 Å². The summed E-state index contributed by atoms with van der Waals surface area (Å²) in [6, 6.07) is 0. The molecule has 1 aliphatic carbocycles. The minimum Gasteiger partial charge on any atom is -0.310 e. The lowest BCUT2D eigenvalue weighted by Gasteiger charge is -2.08. The van der Waals surface area contributed by atoms with E-state index in [0.29, 0.717) is 0 Å². The van der Waals surface area contributed by atoms with Crippen LogP contribution in [0.1, 0.15) is 46.0 Å². The SMILES string of the molecule is CC.N=C1CCCCC1. The Hall–Kier alpha value is -0.330. The molecule has 1 rings (SSSR count). The molecule has 0 aromatic heterocycles. The average molecular weight is 127 g/mol. The van der Waals surface area contributed by atoms with Gasteiger partial charge in [0.2, 0.25) is 0 Å². The van der Waals surface area contributed by atoms with Crippen molar-refractivity contribution in [2.24, 2.45) is 0 Å². The van der Waals surface area contributed by atoms with Crippen molar-refractivity contribution in [1.29, 1.82) is 5.41 Å². The first kappa shape index (κ1) is 8.67. The van der Waals surface area contributed by atoms with Crippen LogP contribution in [0.2, 0.25) is 0 Å². The monoisotopic (exact) mass is 127 g/mol. The highest BCUT2D eigenvalue weighted by molar-refractivity contribution is 5.81. The Labute approximate surface area is 58.0 Å². The summed E-state index contributed by atoms with van der Waals surface area (Å²) in [7, 11) is 0. The smallest absolute Gasteiger partial charge is 0.00891 e. The first-order valence-corrected chi connectivity index (χ1v) is 3.96. The van der Waals surface area contributed by atoms with Gasteiger partial charge in [0.15, 0.2) is 0 Å². The second-order valence-electron chi connectivity index (χ2n) is 2.16. The minimum absolute atomic E-state index is 0.964. The van der Waals surface area contributed by atoms with Gasteiger partial charge in [-0.15, -0.1) is 0 Å². The molecule has 0 atom stereocenters. The molecule has 0 bridgehead atoms. The van der Waals surface area contributed by atoms with E-state index < -0.39 is 0 Å². The van der Waals surface area contributed by atoms with E-state index in [-0.39, 0.29) is 0 Å². The lowest BCUT2D eigenvalue weighted by atomic mass is 9.99. The average Bonchev–Trinajstić information content (AvgIpc) is 1.94. The lowest BCUT2D eigenvalue weighted by molar-refractivity contribution is 0.663. The van der Waals surface area contributed by atoms with Gasteiger partial charge in [0.1, 0.15) is 0 Å². The van der Waals surface area contributed by atoms with Gasteiger partial charge in [-0.1, -0.05) is 20.3 Å². The van der Waals surface area contributed by atoms with Crippen molar-refractivity contribution in [3.63, 3.8) is 0 Å². The number of hydrogen-bond acceptors (Lipinski definition) is 1. The Morgan fingerprint density at radius 2 is 1.44 bits per heavy atom. The Morgan fingerprint density at radius 3 is 1.67 bits per heavy atom. The molecule has 0 saturated heterocycles. The summed E-state index contributed by atoms with van der Waals surface area (Å²) in [6.45, 7) is 4.00. The molecule has 0 aromatic rings. The quantitative estimate of drug-likeness (QED) is 0.517. The summed E-state index contributed by atoms with van der Waals surface area (Å²) < 4.78 is 0. The van der Waals surface area contributed by atoms with E-state index in [1.54, 1.807) is 0 Å². The Balaban J connectivity index is 0.000000291. The minimum atomic E-state index is 0.964. The third kappa shape index (κ3) is 4.19. The van der Waals surface area contributed by atoms with Gasteiger partial charge >= 0.3 is 0 Å². The lowest BCUT2D eigenvalue weighted by Crippen LogP contribution is -2.01. The Morgan fingerprint density at radius 1 is 1.00 bits per heavy atom. The van der Waals surface area contributed by atoms with Crippen molar-refractivity contribution in [2.45, 2.75) is 46.0 Å². The molecule has 1 fully saturated rings. The van der Waals surface area contributed by atoms with Crippen LogP contribution in [0, 0.1) is 5.41 Å². The number of hydrogen-bond donors (Lipinski definition) is 1. The van der Waals surface area contributed by atoms with Crippen LogP contribution in [0.25, 0.3) is 0 Å². The molecule has 0 radical (unpaired) electrons. The fourth-order valence-electron chi connectivity index (χ4n) is 0.979. The van der Waals surface area contributed by atoms with Crippen molar-refractivity contribution in [2.75, 3.05) is 0 Å². The van der Waals surface area contributed by atoms with Crippen molar-refractivity contribution in [3.8, 4) is 0 Å². The zero-order chi connectivity index (χ0) is 7.11. The Bertz CT molecular complexity index is 68.6. The van der Waals surface area contributed by atoms with Gasteiger partial charge in [-0.2, -0.15) is 0 Å². The van der Waals surface area contributed by atoms with Gasteiger partial charge in [-0.25, -0.2) is 0 Å². The van der Waals surface area contributed by atoms with Gasteiger partial charge < -0.3 is 5.41 Å². The normalized spacial score (nSPS) is 18.2. The highest BCUT2D eigenvalue weighted by Gasteiger charge is 2.02. The molecule has 0 spiro atoms. The van der Waals surface area contributed by atoms with Crippen LogP contribution in [0.5, 0.6) is 0 Å². The fourth-order valence-corrected chi connectivity index (χ4v) is 0.979. The van der Waals surface area contributed by atoms with E-state index in [2.05, 4.69) is 0 Å². The third-order valence-corrected chi connectivity index (χ3v) is 1.46. The van der Waals surface area contributed by atoms with Gasteiger partial charge in [0.05, 0.1) is 0 Å². The summed E-state index contributed by atoms with van der Waals surface area (Å²) in [4.78, 5) is 0. The molecular weight excluding hydrogens is 110 g/mol. The highest BCUT2D eigenvalue weighted by Crippen LogP contribution is 2.12. The van der Waals surface area contributed by atoms with E-state index in [0.717, 1.165) is 18.6 Å². The maximum Gasteiger partial charge on any atom is 0.00891 e. The molecule has 9 heavy (non-hydrogen) atoms. The summed E-state index contributed by atoms with van der Waals surface area (Å²) >= 11 is 0. The van der Waals surface area contributed by atoms with Crippen molar-refractivity contribution in [1.82, 2.24) is 0 Å². The first-order valence-electron chi connectivity index (χ1n) is 3.96. The van der Waals surface area contributed by atoms with E-state index in [1.807, 2.05) is 13.8 Å². The zero-order valence-electron chi connectivity index (χ0n) is 6.54. The molecule has 0 unspecified atom stereocenters. The molecular formula is C8H17N. The molecule has 1 nitrogen and oxygen atoms in total. The molecule has 54 valence electrons. The standard InChI is InChI=1S/C6H11N.C2H6/c7-6-4-2-1-3-5-6;1-2/h7H,1-5H2;1-2H3. The van der Waals surface area contributed by atoms with Crippen LogP contribution >= 0.6 is 0 Å². The second-order valence-corrected chi connectivity index (χ2v) is 2.16. The predicted molar refractivity (Wildman–Crippen MR) is 42.2 cm³/mol. The summed E-state index contributed by atoms with van der Waals surface area (Å²) in [5.41, 5.74) is 0.964. The van der Waals surface area contributed by atoms with Gasteiger partial charge in [-0.05, 0) is 25.7 Å². The van der Waals surface area contributed by atoms with Crippen LogP contribution in [-0.4, -0.2) is 5.71 Å². The third-order valence-electron chi connectivity index (χ3n) is 1.46. The first-order chi connectivity index (χ1) is 4.39. The Kier molecular flexibility index (Phi) is 5.59. The zero-order valence-corrected chi connectivity index (χ0v) is 6.54. The number of rotatable bonds is 0. The highest BCUT2D eigenvalue weighted by atomic mass is 14.4. The molecule has 1 N–H and O–H groups in total. The van der Waals surface area contributed by atoms with Crippen LogP contribution in [0.3, 0.4) is 0 Å². The maximum absolute atomic E-state index is 7.19. The fraction of sp³-hybridized carbons (Fsp3) is 0.875. The largest absolute Gasteiger partial charge is 0.310 e. The predicted octanol–water partition coefficient (Wildman–Crippen LogP) is 3.00.